The second-order valence-corrected chi connectivity index (χ2v) is 6.48. The molecule has 0 amide bonds. The molecule has 0 aliphatic carbocycles. The normalized spacial score (nSPS) is 14.1. The number of nitrogens with zero attached hydrogens (tertiary/aromatic N) is 4. The van der Waals surface area contributed by atoms with Crippen molar-refractivity contribution < 1.29 is 4.92 Å². The third-order valence-electron chi connectivity index (χ3n) is 4.85. The molecule has 1 aliphatic rings. The quantitative estimate of drug-likeness (QED) is 0.535. The lowest BCUT2D eigenvalue weighted by Crippen LogP contribution is -2.20. The Bertz CT molecular complexity index is 1070. The van der Waals surface area contributed by atoms with Gasteiger partial charge in [-0.1, -0.05) is 24.3 Å². The highest BCUT2D eigenvalue weighted by molar-refractivity contribution is 5.94. The highest BCUT2D eigenvalue weighted by Gasteiger charge is 2.23. The SMILES string of the molecule is Cn1nc(-c2ccc(N3CCCC3)c([N+](=O)[O-])c2)c2ccccc2c1=O. The van der Waals surface area contributed by atoms with Gasteiger partial charge in [0.15, 0.2) is 0 Å². The minimum Gasteiger partial charge on any atom is -0.366 e. The van der Waals surface area contributed by atoms with Gasteiger partial charge in [-0.05, 0) is 25.0 Å². The van der Waals surface area contributed by atoms with Crippen molar-refractivity contribution in [2.24, 2.45) is 7.05 Å². The van der Waals surface area contributed by atoms with Crippen LogP contribution in [0.25, 0.3) is 22.0 Å². The summed E-state index contributed by atoms with van der Waals surface area (Å²) < 4.78 is 1.28. The number of aryl methyl sites for hydroxylation is 1. The van der Waals surface area contributed by atoms with Crippen molar-refractivity contribution in [2.45, 2.75) is 12.8 Å². The van der Waals surface area contributed by atoms with Crippen molar-refractivity contribution in [1.82, 2.24) is 9.78 Å². The maximum Gasteiger partial charge on any atom is 0.293 e. The number of nitro groups is 1. The summed E-state index contributed by atoms with van der Waals surface area (Å²) >= 11 is 0. The van der Waals surface area contributed by atoms with Crippen LogP contribution >= 0.6 is 0 Å². The summed E-state index contributed by atoms with van der Waals surface area (Å²) in [5, 5.41) is 17.3. The van der Waals surface area contributed by atoms with Crippen LogP contribution < -0.4 is 10.5 Å². The number of fused-ring (bicyclic) bond motifs is 1. The van der Waals surface area contributed by atoms with Crippen molar-refractivity contribution in [3.8, 4) is 11.3 Å². The van der Waals surface area contributed by atoms with Crippen LogP contribution in [-0.2, 0) is 7.05 Å². The summed E-state index contributed by atoms with van der Waals surface area (Å²) in [5.74, 6) is 0. The maximum atomic E-state index is 12.3. The number of hydrogen-bond donors (Lipinski definition) is 0. The zero-order valence-corrected chi connectivity index (χ0v) is 14.4. The Morgan fingerprint density at radius 2 is 1.77 bits per heavy atom. The van der Waals surface area contributed by atoms with Crippen molar-refractivity contribution in [3.63, 3.8) is 0 Å². The van der Waals surface area contributed by atoms with Crippen LogP contribution in [0, 0.1) is 10.1 Å². The van der Waals surface area contributed by atoms with E-state index in [0.29, 0.717) is 27.7 Å². The molecule has 0 unspecified atom stereocenters. The van der Waals surface area contributed by atoms with Gasteiger partial charge in [0.25, 0.3) is 11.2 Å². The van der Waals surface area contributed by atoms with E-state index in [1.165, 1.54) is 4.68 Å². The Labute approximate surface area is 149 Å². The number of benzene rings is 2. The van der Waals surface area contributed by atoms with Crippen LogP contribution in [0.15, 0.2) is 47.3 Å². The van der Waals surface area contributed by atoms with Gasteiger partial charge in [-0.2, -0.15) is 5.10 Å². The molecule has 1 saturated heterocycles. The standard InChI is InChI=1S/C19H18N4O3/c1-21-19(24)15-7-3-2-6-14(15)18(20-21)13-8-9-16(17(12-13)23(25)26)22-10-4-5-11-22/h2-3,6-9,12H,4-5,10-11H2,1H3. The van der Waals surface area contributed by atoms with E-state index in [1.807, 2.05) is 23.1 Å². The summed E-state index contributed by atoms with van der Waals surface area (Å²) in [6, 6.07) is 12.4. The Kier molecular flexibility index (Phi) is 3.91. The zero-order valence-electron chi connectivity index (χ0n) is 14.4. The second kappa shape index (κ2) is 6.25. The molecule has 1 aliphatic heterocycles. The van der Waals surface area contributed by atoms with Crippen LogP contribution in [0.4, 0.5) is 11.4 Å². The summed E-state index contributed by atoms with van der Waals surface area (Å²) in [6.07, 6.45) is 2.10. The second-order valence-electron chi connectivity index (χ2n) is 6.48. The van der Waals surface area contributed by atoms with E-state index < -0.39 is 0 Å². The minimum atomic E-state index is -0.346. The van der Waals surface area contributed by atoms with Crippen molar-refractivity contribution in [1.29, 1.82) is 0 Å². The fourth-order valence-corrected chi connectivity index (χ4v) is 3.56. The molecule has 0 radical (unpaired) electrons. The van der Waals surface area contributed by atoms with Crippen LogP contribution in [-0.4, -0.2) is 27.8 Å². The third kappa shape index (κ3) is 2.61. The molecular weight excluding hydrogens is 332 g/mol. The molecule has 0 saturated carbocycles. The average Bonchev–Trinajstić information content (AvgIpc) is 3.19. The molecule has 3 aromatic rings. The lowest BCUT2D eigenvalue weighted by molar-refractivity contribution is -0.384. The highest BCUT2D eigenvalue weighted by Crippen LogP contribution is 2.35. The van der Waals surface area contributed by atoms with Gasteiger partial charge < -0.3 is 4.90 Å². The molecule has 7 heteroatoms. The summed E-state index contributed by atoms with van der Waals surface area (Å²) in [6.45, 7) is 1.67. The van der Waals surface area contributed by atoms with Gasteiger partial charge in [0.1, 0.15) is 5.69 Å². The van der Waals surface area contributed by atoms with E-state index in [0.717, 1.165) is 25.9 Å². The van der Waals surface area contributed by atoms with Gasteiger partial charge in [0.2, 0.25) is 0 Å². The predicted molar refractivity (Wildman–Crippen MR) is 101 cm³/mol. The van der Waals surface area contributed by atoms with Crippen molar-refractivity contribution in [3.05, 3.63) is 62.9 Å². The van der Waals surface area contributed by atoms with E-state index in [4.69, 9.17) is 0 Å². The fourth-order valence-electron chi connectivity index (χ4n) is 3.56. The molecule has 4 rings (SSSR count). The zero-order chi connectivity index (χ0) is 18.3. The Hall–Kier alpha value is -3.22. The molecule has 2 heterocycles. The summed E-state index contributed by atoms with van der Waals surface area (Å²) in [4.78, 5) is 25.7. The number of anilines is 1. The molecule has 0 spiro atoms. The first kappa shape index (κ1) is 16.3. The first-order valence-corrected chi connectivity index (χ1v) is 8.56. The molecule has 1 aromatic heterocycles. The van der Waals surface area contributed by atoms with Crippen LogP contribution in [0.3, 0.4) is 0 Å². The number of nitro benzene ring substituents is 1. The van der Waals surface area contributed by atoms with Crippen LogP contribution in [0.5, 0.6) is 0 Å². The average molecular weight is 350 g/mol. The fraction of sp³-hybridized carbons (Fsp3) is 0.263. The summed E-state index contributed by atoms with van der Waals surface area (Å²) in [5.41, 5.74) is 1.73. The van der Waals surface area contributed by atoms with Gasteiger partial charge in [-0.25, -0.2) is 4.68 Å². The van der Waals surface area contributed by atoms with Crippen LogP contribution in [0.1, 0.15) is 12.8 Å². The lowest BCUT2D eigenvalue weighted by atomic mass is 10.0. The Morgan fingerprint density at radius 1 is 1.08 bits per heavy atom. The molecule has 132 valence electrons. The van der Waals surface area contributed by atoms with E-state index in [2.05, 4.69) is 5.10 Å². The predicted octanol–water partition coefficient (Wildman–Crippen LogP) is 3.11. The Morgan fingerprint density at radius 3 is 2.46 bits per heavy atom. The molecule has 2 aromatic carbocycles. The first-order chi connectivity index (χ1) is 12.6. The minimum absolute atomic E-state index is 0.0733. The maximum absolute atomic E-state index is 12.3. The van der Waals surface area contributed by atoms with E-state index >= 15 is 0 Å². The number of rotatable bonds is 3. The monoisotopic (exact) mass is 350 g/mol. The van der Waals surface area contributed by atoms with Gasteiger partial charge in [0, 0.05) is 37.2 Å². The van der Waals surface area contributed by atoms with E-state index in [9.17, 15) is 14.9 Å². The van der Waals surface area contributed by atoms with Gasteiger partial charge >= 0.3 is 0 Å². The molecule has 7 nitrogen and oxygen atoms in total. The van der Waals surface area contributed by atoms with Gasteiger partial charge in [-0.3, -0.25) is 14.9 Å². The smallest absolute Gasteiger partial charge is 0.293 e. The van der Waals surface area contributed by atoms with E-state index in [1.54, 1.807) is 31.3 Å². The molecule has 0 bridgehead atoms. The summed E-state index contributed by atoms with van der Waals surface area (Å²) in [7, 11) is 1.59. The highest BCUT2D eigenvalue weighted by atomic mass is 16.6. The number of aromatic nitrogens is 2. The largest absolute Gasteiger partial charge is 0.366 e. The van der Waals surface area contributed by atoms with E-state index in [-0.39, 0.29) is 16.2 Å². The van der Waals surface area contributed by atoms with Crippen molar-refractivity contribution in [2.75, 3.05) is 18.0 Å². The molecule has 1 fully saturated rings. The third-order valence-corrected chi connectivity index (χ3v) is 4.85. The molecule has 0 atom stereocenters. The molecular formula is C19H18N4O3. The van der Waals surface area contributed by atoms with Gasteiger partial charge in [-0.15, -0.1) is 0 Å². The van der Waals surface area contributed by atoms with Crippen molar-refractivity contribution >= 4 is 22.1 Å². The van der Waals surface area contributed by atoms with Gasteiger partial charge in [0.05, 0.1) is 16.0 Å². The lowest BCUT2D eigenvalue weighted by Gasteiger charge is -2.18. The topological polar surface area (TPSA) is 81.3 Å². The van der Waals surface area contributed by atoms with Crippen LogP contribution in [0.2, 0.25) is 0 Å². The first-order valence-electron chi connectivity index (χ1n) is 8.56. The molecule has 0 N–H and O–H groups in total. The Balaban J connectivity index is 1.93. The molecule has 26 heavy (non-hydrogen) atoms. The number of hydrogen-bond acceptors (Lipinski definition) is 5.